The van der Waals surface area contributed by atoms with Gasteiger partial charge in [0.05, 0.1) is 5.56 Å². The maximum absolute atomic E-state index is 12.6. The zero-order valence-corrected chi connectivity index (χ0v) is 10.2. The van der Waals surface area contributed by atoms with Crippen LogP contribution in [0.3, 0.4) is 0 Å². The first-order chi connectivity index (χ1) is 8.45. The van der Waals surface area contributed by atoms with Gasteiger partial charge >= 0.3 is 6.18 Å². The van der Waals surface area contributed by atoms with Gasteiger partial charge in [0.2, 0.25) is 0 Å². The number of nitrogens with zero attached hydrogens (tertiary/aromatic N) is 3. The number of rotatable bonds is 2. The van der Waals surface area contributed by atoms with Crippen molar-refractivity contribution < 1.29 is 13.2 Å². The fourth-order valence-corrected chi connectivity index (χ4v) is 2.17. The predicted molar refractivity (Wildman–Crippen MR) is 60.4 cm³/mol. The van der Waals surface area contributed by atoms with Crippen molar-refractivity contribution in [3.05, 3.63) is 41.4 Å². The number of pyridine rings is 1. The van der Waals surface area contributed by atoms with E-state index < -0.39 is 11.7 Å². The third-order valence-electron chi connectivity index (χ3n) is 1.86. The first kappa shape index (κ1) is 13.1. The maximum Gasteiger partial charge on any atom is 0.416 e. The SMILES string of the molecule is FC(F)(F)c1cc(Cl)nc(Sc2ccncn2)c1. The molecule has 0 saturated heterocycles. The van der Waals surface area contributed by atoms with Gasteiger partial charge in [-0.15, -0.1) is 0 Å². The fraction of sp³-hybridized carbons (Fsp3) is 0.100. The molecular formula is C10H5ClF3N3S. The molecule has 8 heteroatoms. The van der Waals surface area contributed by atoms with Crippen molar-refractivity contribution in [3.8, 4) is 0 Å². The van der Waals surface area contributed by atoms with Crippen molar-refractivity contribution in [2.75, 3.05) is 0 Å². The average Bonchev–Trinajstić information content (AvgIpc) is 2.28. The third kappa shape index (κ3) is 3.33. The molecule has 94 valence electrons. The van der Waals surface area contributed by atoms with E-state index in [0.29, 0.717) is 5.03 Å². The van der Waals surface area contributed by atoms with Gasteiger partial charge in [-0.3, -0.25) is 0 Å². The highest BCUT2D eigenvalue weighted by Gasteiger charge is 2.31. The molecule has 0 N–H and O–H groups in total. The van der Waals surface area contributed by atoms with Gasteiger partial charge in [-0.05, 0) is 30.0 Å². The zero-order valence-electron chi connectivity index (χ0n) is 8.65. The molecule has 2 heterocycles. The number of hydrogen-bond donors (Lipinski definition) is 0. The highest BCUT2D eigenvalue weighted by molar-refractivity contribution is 7.99. The minimum atomic E-state index is -4.45. The summed E-state index contributed by atoms with van der Waals surface area (Å²) in [5.41, 5.74) is -0.834. The minimum absolute atomic E-state index is 0.133. The topological polar surface area (TPSA) is 38.7 Å². The Bertz CT molecular complexity index is 548. The van der Waals surface area contributed by atoms with Crippen molar-refractivity contribution in [3.63, 3.8) is 0 Å². The summed E-state index contributed by atoms with van der Waals surface area (Å²) in [5, 5.41) is 0.419. The Hall–Kier alpha value is -1.34. The van der Waals surface area contributed by atoms with Crippen LogP contribution in [0.1, 0.15) is 5.56 Å². The third-order valence-corrected chi connectivity index (χ3v) is 2.92. The van der Waals surface area contributed by atoms with E-state index in [1.807, 2.05) is 0 Å². The molecule has 0 bridgehead atoms. The van der Waals surface area contributed by atoms with Crippen LogP contribution < -0.4 is 0 Å². The molecule has 0 saturated carbocycles. The van der Waals surface area contributed by atoms with Gasteiger partial charge in [0.25, 0.3) is 0 Å². The van der Waals surface area contributed by atoms with Crippen molar-refractivity contribution in [1.82, 2.24) is 15.0 Å². The van der Waals surface area contributed by atoms with Crippen molar-refractivity contribution in [2.24, 2.45) is 0 Å². The van der Waals surface area contributed by atoms with E-state index in [1.54, 1.807) is 6.07 Å². The monoisotopic (exact) mass is 291 g/mol. The molecule has 0 fully saturated rings. The second kappa shape index (κ2) is 5.11. The van der Waals surface area contributed by atoms with Gasteiger partial charge < -0.3 is 0 Å². The van der Waals surface area contributed by atoms with Crippen LogP contribution in [0.4, 0.5) is 13.2 Å². The molecule has 0 aromatic carbocycles. The highest BCUT2D eigenvalue weighted by atomic mass is 35.5. The molecule has 0 aliphatic carbocycles. The molecule has 0 unspecified atom stereocenters. The van der Waals surface area contributed by atoms with Crippen LogP contribution in [-0.2, 0) is 6.18 Å². The lowest BCUT2D eigenvalue weighted by atomic mass is 10.3. The van der Waals surface area contributed by atoms with E-state index in [0.717, 1.165) is 23.9 Å². The van der Waals surface area contributed by atoms with E-state index in [1.165, 1.54) is 12.5 Å². The summed E-state index contributed by atoms with van der Waals surface area (Å²) >= 11 is 6.55. The molecule has 0 aliphatic heterocycles. The summed E-state index contributed by atoms with van der Waals surface area (Å²) in [4.78, 5) is 11.4. The number of alkyl halides is 3. The molecule has 0 radical (unpaired) electrons. The van der Waals surface area contributed by atoms with Gasteiger partial charge in [0, 0.05) is 6.20 Å². The lowest BCUT2D eigenvalue weighted by molar-refractivity contribution is -0.137. The summed E-state index contributed by atoms with van der Waals surface area (Å²) in [6.07, 6.45) is -1.66. The molecule has 18 heavy (non-hydrogen) atoms. The summed E-state index contributed by atoms with van der Waals surface area (Å²) in [6.45, 7) is 0. The van der Waals surface area contributed by atoms with E-state index in [-0.39, 0.29) is 10.2 Å². The fourth-order valence-electron chi connectivity index (χ4n) is 1.13. The van der Waals surface area contributed by atoms with Gasteiger partial charge in [-0.1, -0.05) is 11.6 Å². The number of halogens is 4. The molecule has 2 rings (SSSR count). The van der Waals surface area contributed by atoms with Gasteiger partial charge in [0.15, 0.2) is 0 Å². The summed E-state index contributed by atoms with van der Waals surface area (Å²) in [6, 6.07) is 3.28. The Morgan fingerprint density at radius 2 is 1.94 bits per heavy atom. The van der Waals surface area contributed by atoms with Crippen LogP contribution in [-0.4, -0.2) is 15.0 Å². The standard InChI is InChI=1S/C10H5ClF3N3S/c11-7-3-6(10(12,13)14)4-9(17-7)18-8-1-2-15-5-16-8/h1-5H. The zero-order chi connectivity index (χ0) is 13.2. The minimum Gasteiger partial charge on any atom is -0.245 e. The average molecular weight is 292 g/mol. The number of aromatic nitrogens is 3. The van der Waals surface area contributed by atoms with Crippen molar-refractivity contribution in [2.45, 2.75) is 16.2 Å². The summed E-state index contributed by atoms with van der Waals surface area (Å²) in [5.74, 6) is 0. The first-order valence-corrected chi connectivity index (χ1v) is 5.83. The Balaban J connectivity index is 2.32. The smallest absolute Gasteiger partial charge is 0.245 e. The molecule has 0 spiro atoms. The normalized spacial score (nSPS) is 11.6. The maximum atomic E-state index is 12.6. The molecule has 2 aromatic rings. The Morgan fingerprint density at radius 3 is 2.56 bits per heavy atom. The van der Waals surface area contributed by atoms with E-state index in [9.17, 15) is 13.2 Å². The van der Waals surface area contributed by atoms with Crippen LogP contribution in [0.15, 0.2) is 40.8 Å². The molecule has 0 atom stereocenters. The molecule has 0 aliphatic rings. The van der Waals surface area contributed by atoms with Gasteiger partial charge in [0.1, 0.15) is 21.5 Å². The summed E-state index contributed by atoms with van der Waals surface area (Å²) < 4.78 is 37.7. The lowest BCUT2D eigenvalue weighted by Crippen LogP contribution is -2.05. The van der Waals surface area contributed by atoms with E-state index in [4.69, 9.17) is 11.6 Å². The van der Waals surface area contributed by atoms with E-state index in [2.05, 4.69) is 15.0 Å². The molecule has 0 amide bonds. The van der Waals surface area contributed by atoms with Gasteiger partial charge in [-0.25, -0.2) is 15.0 Å². The Kier molecular flexibility index (Phi) is 3.72. The lowest BCUT2D eigenvalue weighted by Gasteiger charge is -2.08. The molecule has 3 nitrogen and oxygen atoms in total. The largest absolute Gasteiger partial charge is 0.416 e. The van der Waals surface area contributed by atoms with Crippen LogP contribution in [0, 0.1) is 0 Å². The second-order valence-electron chi connectivity index (χ2n) is 3.16. The first-order valence-electron chi connectivity index (χ1n) is 4.64. The van der Waals surface area contributed by atoms with Crippen LogP contribution in [0.5, 0.6) is 0 Å². The van der Waals surface area contributed by atoms with Crippen LogP contribution in [0.25, 0.3) is 0 Å². The molecular weight excluding hydrogens is 287 g/mol. The van der Waals surface area contributed by atoms with Crippen LogP contribution >= 0.6 is 23.4 Å². The Morgan fingerprint density at radius 1 is 1.17 bits per heavy atom. The second-order valence-corrected chi connectivity index (χ2v) is 4.59. The quantitative estimate of drug-likeness (QED) is 0.625. The Labute approximate surface area is 109 Å². The van der Waals surface area contributed by atoms with Gasteiger partial charge in [-0.2, -0.15) is 13.2 Å². The van der Waals surface area contributed by atoms with E-state index >= 15 is 0 Å². The predicted octanol–water partition coefficient (Wildman–Crippen LogP) is 3.70. The van der Waals surface area contributed by atoms with Crippen molar-refractivity contribution >= 4 is 23.4 Å². The highest BCUT2D eigenvalue weighted by Crippen LogP contribution is 2.34. The van der Waals surface area contributed by atoms with Crippen LogP contribution in [0.2, 0.25) is 5.15 Å². The summed E-state index contributed by atoms with van der Waals surface area (Å²) in [7, 11) is 0. The van der Waals surface area contributed by atoms with Crippen molar-refractivity contribution in [1.29, 1.82) is 0 Å². The number of hydrogen-bond acceptors (Lipinski definition) is 4. The molecule has 2 aromatic heterocycles.